The second-order valence-corrected chi connectivity index (χ2v) is 10.6. The number of fused-ring (bicyclic) bond motifs is 3. The van der Waals surface area contributed by atoms with E-state index in [1.807, 2.05) is 28.7 Å². The molecule has 2 heterocycles. The number of aromatic hydroxyl groups is 1. The van der Waals surface area contributed by atoms with Crippen LogP contribution in [0.1, 0.15) is 29.5 Å². The summed E-state index contributed by atoms with van der Waals surface area (Å²) >= 11 is 1.87. The maximum atomic E-state index is 13.7. The topological polar surface area (TPSA) is 103 Å². The average molecular weight is 619 g/mol. The first-order chi connectivity index (χ1) is 18.3. The van der Waals surface area contributed by atoms with Gasteiger partial charge < -0.3 is 5.11 Å². The van der Waals surface area contributed by atoms with Crippen molar-refractivity contribution < 1.29 is 14.7 Å². The van der Waals surface area contributed by atoms with Gasteiger partial charge in [-0.25, -0.2) is 23.5 Å². The molecule has 2 aromatic carbocycles. The normalized spacial score (nSPS) is 20.3. The molecule has 0 bridgehead atoms. The van der Waals surface area contributed by atoms with Crippen molar-refractivity contribution in [2.24, 2.45) is 0 Å². The zero-order valence-electron chi connectivity index (χ0n) is 20.1. The van der Waals surface area contributed by atoms with Crippen LogP contribution in [-0.2, 0) is 22.6 Å². The number of ketones is 2. The van der Waals surface area contributed by atoms with Crippen molar-refractivity contribution in [3.8, 4) is 11.4 Å². The number of carbonyl (C=O) groups is 2. The summed E-state index contributed by atoms with van der Waals surface area (Å²) in [6.45, 7) is 3.87. The monoisotopic (exact) mass is 619 g/mol. The number of Topliss-reactive ketones (excluding diaryl/α,β-unsaturated/α-hetero) is 1. The number of nitrogens with zero attached hydrogens (tertiary/aromatic N) is 3. The van der Waals surface area contributed by atoms with Gasteiger partial charge in [-0.1, -0.05) is 48.6 Å². The number of allylic oxidation sites excluding steroid dienone is 7. The molecule has 9 heteroatoms. The highest BCUT2D eigenvalue weighted by Crippen LogP contribution is 2.52. The molecule has 0 saturated carbocycles. The van der Waals surface area contributed by atoms with Crippen molar-refractivity contribution >= 4 is 34.2 Å². The molecule has 2 atom stereocenters. The lowest BCUT2D eigenvalue weighted by Crippen LogP contribution is -2.40. The summed E-state index contributed by atoms with van der Waals surface area (Å²) in [6.07, 6.45) is 5.35. The fraction of sp³-hybridized carbons (Fsp3) is 0.172. The van der Waals surface area contributed by atoms with Crippen molar-refractivity contribution in [2.45, 2.75) is 31.3 Å². The van der Waals surface area contributed by atoms with Gasteiger partial charge in [-0.2, -0.15) is 0 Å². The molecule has 38 heavy (non-hydrogen) atoms. The van der Waals surface area contributed by atoms with Crippen LogP contribution in [0.5, 0.6) is 5.75 Å². The molecule has 1 N–H and O–H groups in total. The van der Waals surface area contributed by atoms with E-state index in [-0.39, 0.29) is 30.3 Å². The first-order valence-electron chi connectivity index (χ1n) is 12.1. The number of phenolic OH excluding ortho intramolecular Hbond substituents is 1. The molecule has 0 unspecified atom stereocenters. The quantitative estimate of drug-likeness (QED) is 0.273. The zero-order chi connectivity index (χ0) is 26.7. The van der Waals surface area contributed by atoms with Gasteiger partial charge in [-0.3, -0.25) is 9.59 Å². The van der Waals surface area contributed by atoms with Crippen LogP contribution < -0.4 is 11.4 Å². The summed E-state index contributed by atoms with van der Waals surface area (Å²) in [4.78, 5) is 53.8. The molecule has 190 valence electrons. The summed E-state index contributed by atoms with van der Waals surface area (Å²) in [6, 6.07) is 13.3. The second-order valence-electron chi connectivity index (χ2n) is 9.45. The van der Waals surface area contributed by atoms with Gasteiger partial charge in [0.05, 0.1) is 21.9 Å². The molecule has 1 aromatic heterocycles. The predicted octanol–water partition coefficient (Wildman–Crippen LogP) is 3.67. The smallest absolute Gasteiger partial charge is 0.352 e. The third-order valence-electron chi connectivity index (χ3n) is 7.44. The van der Waals surface area contributed by atoms with Crippen molar-refractivity contribution in [2.75, 3.05) is 0 Å². The molecule has 3 aromatic rings. The Bertz CT molecular complexity index is 1770. The van der Waals surface area contributed by atoms with Crippen LogP contribution >= 0.6 is 22.6 Å². The van der Waals surface area contributed by atoms with Gasteiger partial charge in [0.1, 0.15) is 5.75 Å². The largest absolute Gasteiger partial charge is 0.507 e. The number of para-hydroxylation sites is 2. The summed E-state index contributed by atoms with van der Waals surface area (Å²) in [7, 11) is 0. The Morgan fingerprint density at radius 3 is 2.53 bits per heavy atom. The Hall–Kier alpha value is -3.99. The molecule has 6 rings (SSSR count). The number of hydrogen-bond acceptors (Lipinski definition) is 5. The highest BCUT2D eigenvalue weighted by atomic mass is 127. The number of benzene rings is 2. The molecule has 3 aliphatic rings. The van der Waals surface area contributed by atoms with Crippen molar-refractivity contribution in [3.63, 3.8) is 0 Å². The van der Waals surface area contributed by atoms with E-state index in [4.69, 9.17) is 0 Å². The standard InChI is InChI=1S/C29H22IN3O5/c1-2-7-16-8-6-11-19(26(16)35)24-18-12-13-31-28(37)32(17-9-4-3-5-10-17)29(38)33(31)22(18)14-20-23(34)15-21(30)27(36)25(20)24/h2-6,8-12,15,22,24,35H,1,7,13-14H2/t22-,24-/m1/s1. The summed E-state index contributed by atoms with van der Waals surface area (Å²) in [5.74, 6) is -1.30. The minimum absolute atomic E-state index is 0.0211. The SMILES string of the molecule is C=CCc1cccc([C@H]2C3=CCn4c(=O)n(-c5ccccc5)c(=O)n4[C@@H]3CC3=C2C(=O)C(I)=CC3=O)c1O. The van der Waals surface area contributed by atoms with Gasteiger partial charge in [0.15, 0.2) is 11.6 Å². The fourth-order valence-electron chi connectivity index (χ4n) is 5.79. The van der Waals surface area contributed by atoms with E-state index in [0.29, 0.717) is 43.5 Å². The molecule has 0 fully saturated rings. The summed E-state index contributed by atoms with van der Waals surface area (Å²) in [5, 5.41) is 11.3. The molecule has 1 aliphatic heterocycles. The fourth-order valence-corrected chi connectivity index (χ4v) is 6.36. The lowest BCUT2D eigenvalue weighted by molar-refractivity contribution is -0.115. The maximum absolute atomic E-state index is 13.7. The molecular weight excluding hydrogens is 597 g/mol. The average Bonchev–Trinajstić information content (AvgIpc) is 3.18. The van der Waals surface area contributed by atoms with Gasteiger partial charge in [-0.05, 0) is 52.3 Å². The van der Waals surface area contributed by atoms with Gasteiger partial charge in [0, 0.05) is 35.1 Å². The predicted molar refractivity (Wildman–Crippen MR) is 150 cm³/mol. The van der Waals surface area contributed by atoms with Crippen LogP contribution in [-0.4, -0.2) is 30.6 Å². The molecule has 0 radical (unpaired) electrons. The Morgan fingerprint density at radius 1 is 1.03 bits per heavy atom. The lowest BCUT2D eigenvalue weighted by atomic mass is 9.68. The minimum atomic E-state index is -0.751. The van der Waals surface area contributed by atoms with Gasteiger partial charge in [0.25, 0.3) is 0 Å². The molecule has 0 amide bonds. The highest BCUT2D eigenvalue weighted by molar-refractivity contribution is 14.1. The molecule has 8 nitrogen and oxygen atoms in total. The van der Waals surface area contributed by atoms with Crippen molar-refractivity contribution in [3.05, 3.63) is 126 Å². The van der Waals surface area contributed by atoms with E-state index in [0.717, 1.165) is 4.57 Å². The third-order valence-corrected chi connectivity index (χ3v) is 8.24. The highest BCUT2D eigenvalue weighted by Gasteiger charge is 2.45. The maximum Gasteiger partial charge on any atom is 0.352 e. The first kappa shape index (κ1) is 24.4. The molecule has 2 aliphatic carbocycles. The Morgan fingerprint density at radius 2 is 1.79 bits per heavy atom. The Labute approximate surface area is 230 Å². The minimum Gasteiger partial charge on any atom is -0.507 e. The van der Waals surface area contributed by atoms with Crippen LogP contribution in [0, 0.1) is 0 Å². The molecule has 0 spiro atoms. The Balaban J connectivity index is 1.60. The van der Waals surface area contributed by atoms with Gasteiger partial charge in [0.2, 0.25) is 0 Å². The van der Waals surface area contributed by atoms with E-state index < -0.39 is 23.3 Å². The number of phenols is 1. The van der Waals surface area contributed by atoms with Crippen LogP contribution in [0.4, 0.5) is 0 Å². The van der Waals surface area contributed by atoms with Crippen LogP contribution in [0.2, 0.25) is 0 Å². The van der Waals surface area contributed by atoms with E-state index >= 15 is 0 Å². The van der Waals surface area contributed by atoms with Crippen molar-refractivity contribution in [1.29, 1.82) is 0 Å². The van der Waals surface area contributed by atoms with Gasteiger partial charge >= 0.3 is 11.4 Å². The number of rotatable bonds is 4. The van der Waals surface area contributed by atoms with Crippen LogP contribution in [0.25, 0.3) is 5.69 Å². The first-order valence-corrected chi connectivity index (χ1v) is 13.2. The van der Waals surface area contributed by atoms with Gasteiger partial charge in [-0.15, -0.1) is 6.58 Å². The number of carbonyl (C=O) groups excluding carboxylic acids is 2. The van der Waals surface area contributed by atoms with E-state index in [9.17, 15) is 24.3 Å². The number of hydrogen-bond donors (Lipinski definition) is 1. The van der Waals surface area contributed by atoms with Crippen LogP contribution in [0.15, 0.2) is 103 Å². The molecule has 0 saturated heterocycles. The lowest BCUT2D eigenvalue weighted by Gasteiger charge is -2.39. The summed E-state index contributed by atoms with van der Waals surface area (Å²) in [5.41, 5.74) is 1.89. The Kier molecular flexibility index (Phi) is 5.82. The third kappa shape index (κ3) is 3.48. The zero-order valence-corrected chi connectivity index (χ0v) is 22.3. The second kappa shape index (κ2) is 9.09. The van der Waals surface area contributed by atoms with E-state index in [1.165, 1.54) is 15.4 Å². The van der Waals surface area contributed by atoms with E-state index in [1.54, 1.807) is 54.6 Å². The molecular formula is C29H22IN3O5. The van der Waals surface area contributed by atoms with Crippen molar-refractivity contribution in [1.82, 2.24) is 13.9 Å². The van der Waals surface area contributed by atoms with Crippen LogP contribution in [0.3, 0.4) is 0 Å². The summed E-state index contributed by atoms with van der Waals surface area (Å²) < 4.78 is 4.19. The number of halogens is 1. The van der Waals surface area contributed by atoms with E-state index in [2.05, 4.69) is 6.58 Å². The number of aromatic nitrogens is 3.